The smallest absolute Gasteiger partial charge is 0.264 e. The van der Waals surface area contributed by atoms with Crippen molar-refractivity contribution >= 4 is 10.1 Å². The summed E-state index contributed by atoms with van der Waals surface area (Å²) in [5.74, 6) is 0.0454. The minimum Gasteiger partial charge on any atom is -0.267 e. The Morgan fingerprint density at radius 3 is 2.57 bits per heavy atom. The van der Waals surface area contributed by atoms with E-state index in [9.17, 15) is 8.42 Å². The third-order valence-corrected chi connectivity index (χ3v) is 4.17. The zero-order chi connectivity index (χ0) is 15.7. The molecule has 1 aliphatic rings. The normalized spacial score (nSPS) is 24.2. The van der Waals surface area contributed by atoms with Crippen LogP contribution in [0.5, 0.6) is 0 Å². The molecule has 0 amide bonds. The summed E-state index contributed by atoms with van der Waals surface area (Å²) in [7, 11) is -3.63. The van der Waals surface area contributed by atoms with Gasteiger partial charge in [0.25, 0.3) is 10.1 Å². The predicted octanol–water partition coefficient (Wildman–Crippen LogP) is 3.29. The maximum Gasteiger partial charge on any atom is 0.264 e. The molecule has 21 heavy (non-hydrogen) atoms. The number of rotatable bonds is 7. The molecule has 0 aromatic carbocycles. The Kier molecular flexibility index (Phi) is 7.31. The average Bonchev–Trinajstić information content (AvgIpc) is 2.61. The Hall–Kier alpha value is -1.47. The lowest BCUT2D eigenvalue weighted by atomic mass is 9.90. The Morgan fingerprint density at radius 2 is 1.95 bits per heavy atom. The first-order valence-corrected chi connectivity index (χ1v) is 8.71. The van der Waals surface area contributed by atoms with Crippen LogP contribution in [0.25, 0.3) is 20.9 Å². The van der Waals surface area contributed by atoms with Gasteiger partial charge in [0.05, 0.1) is 18.9 Å². The van der Waals surface area contributed by atoms with E-state index in [1.165, 1.54) is 0 Å². The summed E-state index contributed by atoms with van der Waals surface area (Å²) in [6.45, 7) is -0.0525. The highest BCUT2D eigenvalue weighted by molar-refractivity contribution is 7.86. The van der Waals surface area contributed by atoms with Crippen molar-refractivity contribution in [3.8, 4) is 0 Å². The summed E-state index contributed by atoms with van der Waals surface area (Å²) in [5.41, 5.74) is 17.0. The molecule has 0 aliphatic heterocycles. The van der Waals surface area contributed by atoms with Crippen molar-refractivity contribution in [1.29, 1.82) is 0 Å². The van der Waals surface area contributed by atoms with Crippen LogP contribution in [0.2, 0.25) is 0 Å². The quantitative estimate of drug-likeness (QED) is 0.234. The molecular formula is C11H20N6O3S. The maximum absolute atomic E-state index is 11.3. The molecule has 1 fully saturated rings. The second-order valence-electron chi connectivity index (χ2n) is 5.24. The van der Waals surface area contributed by atoms with Gasteiger partial charge in [-0.25, -0.2) is 0 Å². The first kappa shape index (κ1) is 17.6. The molecule has 0 bridgehead atoms. The summed E-state index contributed by atoms with van der Waals surface area (Å²) in [6, 6.07) is -0.158. The van der Waals surface area contributed by atoms with Gasteiger partial charge in [0, 0.05) is 15.9 Å². The molecule has 9 nitrogen and oxygen atoms in total. The van der Waals surface area contributed by atoms with E-state index in [1.807, 2.05) is 0 Å². The first-order valence-electron chi connectivity index (χ1n) is 6.89. The lowest BCUT2D eigenvalue weighted by molar-refractivity contribution is 0.170. The fraction of sp³-hybridized carbons (Fsp3) is 1.00. The van der Waals surface area contributed by atoms with Crippen molar-refractivity contribution in [2.45, 2.75) is 50.7 Å². The monoisotopic (exact) mass is 316 g/mol. The zero-order valence-electron chi connectivity index (χ0n) is 12.0. The van der Waals surface area contributed by atoms with Crippen molar-refractivity contribution in [2.75, 3.05) is 12.8 Å². The Morgan fingerprint density at radius 1 is 1.24 bits per heavy atom. The largest absolute Gasteiger partial charge is 0.267 e. The predicted molar refractivity (Wildman–Crippen MR) is 77.9 cm³/mol. The minimum atomic E-state index is -3.63. The van der Waals surface area contributed by atoms with E-state index in [-0.39, 0.29) is 18.5 Å². The van der Waals surface area contributed by atoms with Crippen LogP contribution in [-0.4, -0.2) is 33.4 Å². The SMILES string of the molecule is CS(=O)(=O)O[C@@H](CN=[N+]=[N-])C[C@@H]1CCCCC[C@@H]1N=[N+]=[N-]. The van der Waals surface area contributed by atoms with Gasteiger partial charge in [-0.1, -0.05) is 29.5 Å². The summed E-state index contributed by atoms with van der Waals surface area (Å²) >= 11 is 0. The van der Waals surface area contributed by atoms with Crippen molar-refractivity contribution in [3.63, 3.8) is 0 Å². The highest BCUT2D eigenvalue weighted by Gasteiger charge is 2.27. The fourth-order valence-electron chi connectivity index (χ4n) is 2.71. The van der Waals surface area contributed by atoms with Crippen LogP contribution >= 0.6 is 0 Å². The Labute approximate surface area is 124 Å². The molecular weight excluding hydrogens is 296 g/mol. The molecule has 10 heteroatoms. The standard InChI is InChI=1S/C11H20N6O3S/c1-21(18,19)20-10(8-14-16-12)7-9-5-3-2-4-6-11(9)15-17-13/h9-11H,2-8H2,1H3/t9-,10+,11-/m0/s1. The molecule has 0 saturated heterocycles. The Bertz CT molecular complexity index is 524. The summed E-state index contributed by atoms with van der Waals surface area (Å²) in [4.78, 5) is 5.52. The van der Waals surface area contributed by atoms with Gasteiger partial charge in [-0.2, -0.15) is 8.42 Å². The van der Waals surface area contributed by atoms with Crippen molar-refractivity contribution in [2.24, 2.45) is 16.1 Å². The lowest BCUT2D eigenvalue weighted by Crippen LogP contribution is -2.28. The number of hydrogen-bond acceptors (Lipinski definition) is 5. The first-order chi connectivity index (χ1) is 9.96. The average molecular weight is 316 g/mol. The van der Waals surface area contributed by atoms with Gasteiger partial charge < -0.3 is 0 Å². The zero-order valence-corrected chi connectivity index (χ0v) is 12.8. The van der Waals surface area contributed by atoms with Crippen molar-refractivity contribution < 1.29 is 12.6 Å². The molecule has 1 rings (SSSR count). The lowest BCUT2D eigenvalue weighted by Gasteiger charge is -2.25. The van der Waals surface area contributed by atoms with Crippen LogP contribution < -0.4 is 0 Å². The van der Waals surface area contributed by atoms with Gasteiger partial charge in [-0.15, -0.1) is 0 Å². The topological polar surface area (TPSA) is 141 Å². The number of nitrogens with zero attached hydrogens (tertiary/aromatic N) is 6. The second kappa shape index (κ2) is 8.74. The Balaban J connectivity index is 2.81. The van der Waals surface area contributed by atoms with E-state index < -0.39 is 16.2 Å². The van der Waals surface area contributed by atoms with Crippen LogP contribution in [-0.2, 0) is 14.3 Å². The number of hydrogen-bond donors (Lipinski definition) is 0. The van der Waals surface area contributed by atoms with Crippen molar-refractivity contribution in [3.05, 3.63) is 20.9 Å². The van der Waals surface area contributed by atoms with Gasteiger partial charge in [-0.05, 0) is 36.2 Å². The van der Waals surface area contributed by atoms with Crippen LogP contribution in [0.3, 0.4) is 0 Å². The third kappa shape index (κ3) is 7.19. The molecule has 1 saturated carbocycles. The van der Waals surface area contributed by atoms with E-state index in [4.69, 9.17) is 15.2 Å². The van der Waals surface area contributed by atoms with E-state index >= 15 is 0 Å². The molecule has 0 heterocycles. The molecule has 1 aliphatic carbocycles. The molecule has 3 atom stereocenters. The summed E-state index contributed by atoms with van der Waals surface area (Å²) in [5, 5.41) is 7.23. The molecule has 0 spiro atoms. The maximum atomic E-state index is 11.3. The van der Waals surface area contributed by atoms with Crippen molar-refractivity contribution in [1.82, 2.24) is 0 Å². The molecule has 118 valence electrons. The molecule has 0 N–H and O–H groups in total. The second-order valence-corrected chi connectivity index (χ2v) is 6.84. The van der Waals surface area contributed by atoms with E-state index in [0.29, 0.717) is 6.42 Å². The van der Waals surface area contributed by atoms with Crippen LogP contribution in [0.1, 0.15) is 38.5 Å². The summed E-state index contributed by atoms with van der Waals surface area (Å²) in [6.07, 6.45) is 5.37. The van der Waals surface area contributed by atoms with Crippen LogP contribution in [0.15, 0.2) is 10.2 Å². The third-order valence-electron chi connectivity index (χ3n) is 3.54. The molecule has 0 unspecified atom stereocenters. The highest BCUT2D eigenvalue weighted by Crippen LogP contribution is 2.30. The number of azide groups is 2. The van der Waals surface area contributed by atoms with E-state index in [0.717, 1.165) is 38.4 Å². The highest BCUT2D eigenvalue weighted by atomic mass is 32.2. The van der Waals surface area contributed by atoms with Gasteiger partial charge in [0.1, 0.15) is 0 Å². The molecule has 0 aromatic rings. The van der Waals surface area contributed by atoms with Crippen LogP contribution in [0, 0.1) is 5.92 Å². The fourth-order valence-corrected chi connectivity index (χ4v) is 3.35. The molecule has 0 aromatic heterocycles. The van der Waals surface area contributed by atoms with E-state index in [1.54, 1.807) is 0 Å². The van der Waals surface area contributed by atoms with Gasteiger partial charge >= 0.3 is 0 Å². The van der Waals surface area contributed by atoms with Crippen LogP contribution in [0.4, 0.5) is 0 Å². The minimum absolute atomic E-state index is 0.0454. The van der Waals surface area contributed by atoms with Gasteiger partial charge in [-0.3, -0.25) is 4.18 Å². The summed E-state index contributed by atoms with van der Waals surface area (Å²) < 4.78 is 27.5. The van der Waals surface area contributed by atoms with E-state index in [2.05, 4.69) is 20.1 Å². The molecule has 0 radical (unpaired) electrons. The van der Waals surface area contributed by atoms with Gasteiger partial charge in [0.2, 0.25) is 0 Å². The van der Waals surface area contributed by atoms with Gasteiger partial charge in [0.15, 0.2) is 0 Å².